The van der Waals surface area contributed by atoms with E-state index in [9.17, 15) is 14.4 Å². The summed E-state index contributed by atoms with van der Waals surface area (Å²) in [6, 6.07) is 20.6. The van der Waals surface area contributed by atoms with E-state index in [2.05, 4.69) is 5.32 Å². The number of amides is 1. The Morgan fingerprint density at radius 1 is 0.969 bits per heavy atom. The van der Waals surface area contributed by atoms with Crippen molar-refractivity contribution < 1.29 is 19.1 Å². The number of nitrogens with zero attached hydrogens (tertiary/aromatic N) is 1. The fourth-order valence-electron chi connectivity index (χ4n) is 3.40. The summed E-state index contributed by atoms with van der Waals surface area (Å²) in [6.45, 7) is 1.99. The van der Waals surface area contributed by atoms with Crippen LogP contribution >= 0.6 is 11.6 Å². The van der Waals surface area contributed by atoms with Gasteiger partial charge in [0.2, 0.25) is 0 Å². The highest BCUT2D eigenvalue weighted by atomic mass is 35.5. The minimum absolute atomic E-state index is 0.253. The molecule has 7 heteroatoms. The zero-order valence-corrected chi connectivity index (χ0v) is 17.9. The Labute approximate surface area is 189 Å². The van der Waals surface area contributed by atoms with E-state index < -0.39 is 17.7 Å². The second-order valence-corrected chi connectivity index (χ2v) is 7.43. The molecule has 2 heterocycles. The van der Waals surface area contributed by atoms with Crippen LogP contribution < -0.4 is 5.32 Å². The van der Waals surface area contributed by atoms with Gasteiger partial charge in [-0.2, -0.15) is 0 Å². The summed E-state index contributed by atoms with van der Waals surface area (Å²) in [6.07, 6.45) is 1.74. The number of ketones is 1. The molecule has 0 aliphatic carbocycles. The van der Waals surface area contributed by atoms with Gasteiger partial charge in [0, 0.05) is 28.0 Å². The Kier molecular flexibility index (Phi) is 6.05. The van der Waals surface area contributed by atoms with Crippen molar-refractivity contribution in [3.63, 3.8) is 0 Å². The molecule has 0 saturated carbocycles. The second-order valence-electron chi connectivity index (χ2n) is 6.99. The molecule has 6 nitrogen and oxygen atoms in total. The van der Waals surface area contributed by atoms with Crippen molar-refractivity contribution in [1.82, 2.24) is 4.40 Å². The Bertz CT molecular complexity index is 1310. The zero-order chi connectivity index (χ0) is 22.7. The van der Waals surface area contributed by atoms with Crippen LogP contribution in [0.4, 0.5) is 5.69 Å². The highest BCUT2D eigenvalue weighted by molar-refractivity contribution is 6.47. The minimum Gasteiger partial charge on any atom is -0.462 e. The number of nitrogens with one attached hydrogen (secondary N) is 1. The summed E-state index contributed by atoms with van der Waals surface area (Å²) in [7, 11) is 0. The van der Waals surface area contributed by atoms with Crippen LogP contribution in [0.1, 0.15) is 27.8 Å². The maximum Gasteiger partial charge on any atom is 0.338 e. The molecule has 0 fully saturated rings. The van der Waals surface area contributed by atoms with Crippen LogP contribution in [0.25, 0.3) is 16.6 Å². The number of hydrogen-bond acceptors (Lipinski definition) is 4. The standard InChI is InChI=1S/C25H19ClN2O4/c1-2-32-25(31)17-8-12-19(13-9-17)27-24(30)23(29)22-21(16-6-10-18(26)11-7-16)15-20-5-3-4-14-28(20)22/h3-15H,2H2,1H3,(H,27,30). The third-order valence-corrected chi connectivity index (χ3v) is 5.16. The predicted octanol–water partition coefficient (Wildman–Crippen LogP) is 5.26. The zero-order valence-electron chi connectivity index (χ0n) is 17.2. The summed E-state index contributed by atoms with van der Waals surface area (Å²) < 4.78 is 6.64. The van der Waals surface area contributed by atoms with Gasteiger partial charge in [-0.25, -0.2) is 4.79 Å². The average Bonchev–Trinajstić information content (AvgIpc) is 3.19. The van der Waals surface area contributed by atoms with E-state index in [1.54, 1.807) is 60.0 Å². The molecule has 0 unspecified atom stereocenters. The number of aromatic nitrogens is 1. The van der Waals surface area contributed by atoms with Gasteiger partial charge in [-0.05, 0) is 67.1 Å². The molecule has 4 aromatic rings. The number of Topliss-reactive ketones (excluding diaryl/α,β-unsaturated/α-hetero) is 1. The number of carbonyl (C=O) groups excluding carboxylic acids is 3. The Morgan fingerprint density at radius 2 is 1.69 bits per heavy atom. The molecule has 0 saturated heterocycles. The van der Waals surface area contributed by atoms with Crippen molar-refractivity contribution in [3.8, 4) is 11.1 Å². The van der Waals surface area contributed by atoms with Gasteiger partial charge in [0.05, 0.1) is 12.2 Å². The molecule has 2 aromatic heterocycles. The largest absolute Gasteiger partial charge is 0.462 e. The smallest absolute Gasteiger partial charge is 0.338 e. The van der Waals surface area contributed by atoms with Gasteiger partial charge < -0.3 is 14.5 Å². The predicted molar refractivity (Wildman–Crippen MR) is 123 cm³/mol. The molecule has 0 bridgehead atoms. The van der Waals surface area contributed by atoms with Crippen LogP contribution in [0.3, 0.4) is 0 Å². The lowest BCUT2D eigenvalue weighted by Gasteiger charge is -2.08. The third kappa shape index (κ3) is 4.26. The number of fused-ring (bicyclic) bond motifs is 1. The summed E-state index contributed by atoms with van der Waals surface area (Å²) in [5.74, 6) is -1.92. The van der Waals surface area contributed by atoms with Gasteiger partial charge in [0.1, 0.15) is 5.69 Å². The second kappa shape index (κ2) is 9.08. The number of halogens is 1. The first-order chi connectivity index (χ1) is 15.5. The van der Waals surface area contributed by atoms with Gasteiger partial charge in [0.15, 0.2) is 0 Å². The molecule has 1 N–H and O–H groups in total. The first-order valence-corrected chi connectivity index (χ1v) is 10.3. The van der Waals surface area contributed by atoms with E-state index in [0.717, 1.165) is 11.1 Å². The first-order valence-electron chi connectivity index (χ1n) is 9.97. The molecule has 0 radical (unpaired) electrons. The Balaban J connectivity index is 1.64. The van der Waals surface area contributed by atoms with E-state index >= 15 is 0 Å². The Morgan fingerprint density at radius 3 is 2.38 bits per heavy atom. The average molecular weight is 447 g/mol. The molecule has 32 heavy (non-hydrogen) atoms. The van der Waals surface area contributed by atoms with Gasteiger partial charge in [0.25, 0.3) is 11.7 Å². The van der Waals surface area contributed by atoms with Crippen LogP contribution in [-0.4, -0.2) is 28.7 Å². The van der Waals surface area contributed by atoms with Crippen LogP contribution in [0.2, 0.25) is 5.02 Å². The lowest BCUT2D eigenvalue weighted by Crippen LogP contribution is -2.24. The fraction of sp³-hybridized carbons (Fsp3) is 0.0800. The monoisotopic (exact) mass is 446 g/mol. The minimum atomic E-state index is -0.784. The molecule has 0 aliphatic rings. The van der Waals surface area contributed by atoms with Crippen molar-refractivity contribution in [3.05, 3.63) is 95.3 Å². The van der Waals surface area contributed by atoms with E-state index in [-0.39, 0.29) is 12.3 Å². The van der Waals surface area contributed by atoms with Crippen molar-refractivity contribution in [2.24, 2.45) is 0 Å². The fourth-order valence-corrected chi connectivity index (χ4v) is 3.53. The van der Waals surface area contributed by atoms with E-state index in [4.69, 9.17) is 16.3 Å². The molecule has 4 rings (SSSR count). The van der Waals surface area contributed by atoms with Gasteiger partial charge in [-0.15, -0.1) is 0 Å². The van der Waals surface area contributed by atoms with Crippen LogP contribution in [-0.2, 0) is 9.53 Å². The van der Waals surface area contributed by atoms with Crippen LogP contribution in [0, 0.1) is 0 Å². The quantitative estimate of drug-likeness (QED) is 0.249. The molecular weight excluding hydrogens is 428 g/mol. The summed E-state index contributed by atoms with van der Waals surface area (Å²) in [5.41, 5.74) is 3.19. The number of pyridine rings is 1. The molecule has 1 amide bonds. The summed E-state index contributed by atoms with van der Waals surface area (Å²) in [5, 5.41) is 3.18. The third-order valence-electron chi connectivity index (χ3n) is 4.91. The van der Waals surface area contributed by atoms with Gasteiger partial charge in [-0.1, -0.05) is 29.8 Å². The molecule has 0 atom stereocenters. The van der Waals surface area contributed by atoms with Gasteiger partial charge in [-0.3, -0.25) is 9.59 Å². The molecular formula is C25H19ClN2O4. The van der Waals surface area contributed by atoms with Crippen molar-refractivity contribution in [2.75, 3.05) is 11.9 Å². The number of ether oxygens (including phenoxy) is 1. The van der Waals surface area contributed by atoms with Crippen molar-refractivity contribution in [1.29, 1.82) is 0 Å². The summed E-state index contributed by atoms with van der Waals surface area (Å²) >= 11 is 6.00. The lowest BCUT2D eigenvalue weighted by molar-refractivity contribution is -0.112. The van der Waals surface area contributed by atoms with E-state index in [1.807, 2.05) is 18.2 Å². The van der Waals surface area contributed by atoms with E-state index in [0.29, 0.717) is 21.8 Å². The van der Waals surface area contributed by atoms with Crippen LogP contribution in [0.15, 0.2) is 79.0 Å². The maximum atomic E-state index is 13.2. The van der Waals surface area contributed by atoms with Gasteiger partial charge >= 0.3 is 5.97 Å². The van der Waals surface area contributed by atoms with Crippen molar-refractivity contribution in [2.45, 2.75) is 6.92 Å². The molecule has 0 spiro atoms. The maximum absolute atomic E-state index is 13.2. The van der Waals surface area contributed by atoms with Crippen molar-refractivity contribution >= 4 is 40.5 Å². The first kappa shape index (κ1) is 21.3. The number of benzene rings is 2. The number of hydrogen-bond donors (Lipinski definition) is 1. The normalized spacial score (nSPS) is 10.7. The SMILES string of the molecule is CCOC(=O)c1ccc(NC(=O)C(=O)c2c(-c3ccc(Cl)cc3)cc3ccccn23)cc1. The number of anilines is 1. The topological polar surface area (TPSA) is 76.9 Å². The lowest BCUT2D eigenvalue weighted by atomic mass is 10.0. The highest BCUT2D eigenvalue weighted by Crippen LogP contribution is 2.29. The number of carbonyl (C=O) groups is 3. The molecule has 2 aromatic carbocycles. The Hall–Kier alpha value is -3.90. The number of rotatable bonds is 6. The summed E-state index contributed by atoms with van der Waals surface area (Å²) in [4.78, 5) is 37.8. The molecule has 160 valence electrons. The van der Waals surface area contributed by atoms with E-state index in [1.165, 1.54) is 12.1 Å². The highest BCUT2D eigenvalue weighted by Gasteiger charge is 2.25. The molecule has 0 aliphatic heterocycles. The number of esters is 1. The van der Waals surface area contributed by atoms with Crippen LogP contribution in [0.5, 0.6) is 0 Å².